The van der Waals surface area contributed by atoms with Crippen LogP contribution in [0.1, 0.15) is 36.6 Å². The zero-order valence-corrected chi connectivity index (χ0v) is 28.6. The Bertz CT molecular complexity index is 2020. The SMILES string of the molecule is COc1ccc(NC(=O)COC(=O)c2ccc3c(c2)C(=O)N(C(Cc2ccccc2)C(=O)OCC(=O)Nc2ccc(OC)c(Cl)c2)C3=O)cc1Cl. The van der Waals surface area contributed by atoms with Crippen LogP contribution in [0, 0.1) is 0 Å². The lowest BCUT2D eigenvalue weighted by Gasteiger charge is -2.24. The van der Waals surface area contributed by atoms with E-state index in [0.717, 1.165) is 11.0 Å². The molecule has 51 heavy (non-hydrogen) atoms. The molecule has 0 bridgehead atoms. The van der Waals surface area contributed by atoms with Crippen molar-refractivity contribution in [1.29, 1.82) is 0 Å². The van der Waals surface area contributed by atoms with Crippen LogP contribution in [-0.2, 0) is 30.3 Å². The molecule has 0 fully saturated rings. The second kappa shape index (κ2) is 16.2. The number of fused-ring (bicyclic) bond motifs is 1. The Labute approximate surface area is 301 Å². The van der Waals surface area contributed by atoms with Gasteiger partial charge in [0.15, 0.2) is 13.2 Å². The number of benzene rings is 4. The van der Waals surface area contributed by atoms with Crippen LogP contribution < -0.4 is 20.1 Å². The summed E-state index contributed by atoms with van der Waals surface area (Å²) in [6, 6.07) is 19.9. The molecule has 13 nitrogen and oxygen atoms in total. The smallest absolute Gasteiger partial charge is 0.338 e. The average molecular weight is 735 g/mol. The summed E-state index contributed by atoms with van der Waals surface area (Å²) in [5, 5.41) is 5.60. The Hall–Kier alpha value is -5.92. The van der Waals surface area contributed by atoms with Crippen LogP contribution in [0.3, 0.4) is 0 Å². The molecular formula is C36H29Cl2N3O10. The highest BCUT2D eigenvalue weighted by molar-refractivity contribution is 6.32. The minimum Gasteiger partial charge on any atom is -0.495 e. The number of ether oxygens (including phenoxy) is 4. The monoisotopic (exact) mass is 733 g/mol. The van der Waals surface area contributed by atoms with Crippen molar-refractivity contribution in [2.45, 2.75) is 12.5 Å². The molecule has 2 N–H and O–H groups in total. The molecule has 4 aromatic rings. The first-order valence-corrected chi connectivity index (χ1v) is 15.9. The molecule has 1 unspecified atom stereocenters. The van der Waals surface area contributed by atoms with Gasteiger partial charge in [0, 0.05) is 17.8 Å². The molecule has 4 amide bonds. The van der Waals surface area contributed by atoms with E-state index in [1.807, 2.05) is 0 Å². The lowest BCUT2D eigenvalue weighted by Crippen LogP contribution is -2.47. The van der Waals surface area contributed by atoms with E-state index in [4.69, 9.17) is 42.1 Å². The number of rotatable bonds is 13. The number of halogens is 2. The van der Waals surface area contributed by atoms with Gasteiger partial charge in [-0.1, -0.05) is 53.5 Å². The van der Waals surface area contributed by atoms with E-state index in [2.05, 4.69) is 10.6 Å². The quantitative estimate of drug-likeness (QED) is 0.138. The fourth-order valence-electron chi connectivity index (χ4n) is 5.12. The van der Waals surface area contributed by atoms with Gasteiger partial charge in [0.25, 0.3) is 23.6 Å². The number of amides is 4. The number of hydrogen-bond donors (Lipinski definition) is 2. The van der Waals surface area contributed by atoms with Crippen LogP contribution in [0.25, 0.3) is 0 Å². The largest absolute Gasteiger partial charge is 0.495 e. The highest BCUT2D eigenvalue weighted by Crippen LogP contribution is 2.30. The normalized spacial score (nSPS) is 12.4. The van der Waals surface area contributed by atoms with Crippen molar-refractivity contribution in [1.82, 2.24) is 4.90 Å². The predicted octanol–water partition coefficient (Wildman–Crippen LogP) is 5.20. The predicted molar refractivity (Wildman–Crippen MR) is 185 cm³/mol. The number of nitrogens with one attached hydrogen (secondary N) is 2. The van der Waals surface area contributed by atoms with E-state index < -0.39 is 54.8 Å². The van der Waals surface area contributed by atoms with Gasteiger partial charge in [-0.15, -0.1) is 0 Å². The van der Waals surface area contributed by atoms with Crippen LogP contribution in [0.2, 0.25) is 10.0 Å². The molecule has 0 saturated carbocycles. The van der Waals surface area contributed by atoms with Crippen molar-refractivity contribution in [2.75, 3.05) is 38.1 Å². The number of hydrogen-bond acceptors (Lipinski definition) is 10. The number of carbonyl (C=O) groups excluding carboxylic acids is 6. The Morgan fingerprint density at radius 3 is 1.78 bits per heavy atom. The van der Waals surface area contributed by atoms with Crippen molar-refractivity contribution < 1.29 is 47.7 Å². The first kappa shape index (κ1) is 36.4. The van der Waals surface area contributed by atoms with Gasteiger partial charge >= 0.3 is 11.9 Å². The molecule has 0 radical (unpaired) electrons. The Kier molecular flexibility index (Phi) is 11.5. The molecule has 262 valence electrons. The fraction of sp³-hybridized carbons (Fsp3) is 0.167. The van der Waals surface area contributed by atoms with Crippen molar-refractivity contribution in [3.8, 4) is 11.5 Å². The maximum atomic E-state index is 13.7. The van der Waals surface area contributed by atoms with E-state index in [1.54, 1.807) is 54.6 Å². The number of esters is 2. The van der Waals surface area contributed by atoms with E-state index in [-0.39, 0.29) is 33.2 Å². The number of imide groups is 1. The standard InChI is InChI=1S/C36H29Cl2N3O10/c1-48-29-12-9-22(16-26(29)37)39-31(42)18-50-35(46)21-8-11-24-25(15-21)34(45)41(33(24)44)28(14-20-6-4-3-5-7-20)36(47)51-19-32(43)40-23-10-13-30(49-2)27(38)17-23/h3-13,15-17,28H,14,18-19H2,1-2H3,(H,39,42)(H,40,43). The third-order valence-corrected chi connectivity index (χ3v) is 8.15. The Morgan fingerprint density at radius 2 is 1.24 bits per heavy atom. The molecule has 1 aliphatic rings. The molecular weight excluding hydrogens is 705 g/mol. The average Bonchev–Trinajstić information content (AvgIpc) is 3.37. The molecule has 1 heterocycles. The number of anilines is 2. The van der Waals surface area contributed by atoms with Gasteiger partial charge in [-0.2, -0.15) is 0 Å². The highest BCUT2D eigenvalue weighted by Gasteiger charge is 2.44. The summed E-state index contributed by atoms with van der Waals surface area (Å²) in [6.45, 7) is -1.39. The first-order chi connectivity index (χ1) is 24.5. The van der Waals surface area contributed by atoms with Gasteiger partial charge < -0.3 is 29.6 Å². The van der Waals surface area contributed by atoms with Gasteiger partial charge in [0.1, 0.15) is 17.5 Å². The maximum absolute atomic E-state index is 13.7. The third-order valence-electron chi connectivity index (χ3n) is 7.56. The van der Waals surface area contributed by atoms with Crippen molar-refractivity contribution in [3.63, 3.8) is 0 Å². The molecule has 1 aliphatic heterocycles. The van der Waals surface area contributed by atoms with E-state index in [0.29, 0.717) is 28.4 Å². The number of methoxy groups -OCH3 is 2. The minimum absolute atomic E-state index is 0.0642. The number of carbonyl (C=O) groups is 6. The first-order valence-electron chi connectivity index (χ1n) is 15.2. The summed E-state index contributed by atoms with van der Waals surface area (Å²) in [5.41, 5.74) is 0.926. The molecule has 0 spiro atoms. The molecule has 0 aromatic heterocycles. The summed E-state index contributed by atoms with van der Waals surface area (Å²) >= 11 is 12.2. The van der Waals surface area contributed by atoms with Crippen molar-refractivity contribution >= 4 is 70.1 Å². The third kappa shape index (κ3) is 8.63. The second-order valence-corrected chi connectivity index (χ2v) is 11.7. The molecule has 15 heteroatoms. The summed E-state index contributed by atoms with van der Waals surface area (Å²) in [5.74, 6) is -4.18. The second-order valence-electron chi connectivity index (χ2n) is 10.9. The van der Waals surface area contributed by atoms with Gasteiger partial charge in [0.2, 0.25) is 0 Å². The zero-order chi connectivity index (χ0) is 36.7. The van der Waals surface area contributed by atoms with Crippen molar-refractivity contribution in [3.05, 3.63) is 117 Å². The van der Waals surface area contributed by atoms with Gasteiger partial charge in [0.05, 0.1) is 41.0 Å². The van der Waals surface area contributed by atoms with E-state index in [1.165, 1.54) is 38.5 Å². The molecule has 0 aliphatic carbocycles. The summed E-state index contributed by atoms with van der Waals surface area (Å²) < 4.78 is 20.6. The topological polar surface area (TPSA) is 167 Å². The van der Waals surface area contributed by atoms with Crippen LogP contribution in [0.15, 0.2) is 84.9 Å². The summed E-state index contributed by atoms with van der Waals surface area (Å²) in [4.78, 5) is 79.3. The Balaban J connectivity index is 1.26. The Morgan fingerprint density at radius 1 is 0.686 bits per heavy atom. The van der Waals surface area contributed by atoms with Gasteiger partial charge in [-0.25, -0.2) is 9.59 Å². The lowest BCUT2D eigenvalue weighted by molar-refractivity contribution is -0.151. The van der Waals surface area contributed by atoms with Crippen LogP contribution in [0.5, 0.6) is 11.5 Å². The lowest BCUT2D eigenvalue weighted by atomic mass is 10.0. The fourth-order valence-corrected chi connectivity index (χ4v) is 5.63. The van der Waals surface area contributed by atoms with Crippen LogP contribution in [-0.4, -0.2) is 73.9 Å². The molecule has 1 atom stereocenters. The van der Waals surface area contributed by atoms with Gasteiger partial charge in [-0.05, 0) is 60.2 Å². The van der Waals surface area contributed by atoms with E-state index >= 15 is 0 Å². The number of nitrogens with zero attached hydrogens (tertiary/aromatic N) is 1. The molecule has 0 saturated heterocycles. The minimum atomic E-state index is -1.46. The van der Waals surface area contributed by atoms with E-state index in [9.17, 15) is 28.8 Å². The zero-order valence-electron chi connectivity index (χ0n) is 27.1. The highest BCUT2D eigenvalue weighted by atomic mass is 35.5. The van der Waals surface area contributed by atoms with Gasteiger partial charge in [-0.3, -0.25) is 24.1 Å². The van der Waals surface area contributed by atoms with Crippen LogP contribution in [0.4, 0.5) is 11.4 Å². The molecule has 4 aromatic carbocycles. The van der Waals surface area contributed by atoms with Crippen LogP contribution >= 0.6 is 23.2 Å². The maximum Gasteiger partial charge on any atom is 0.338 e. The molecule has 5 rings (SSSR count). The summed E-state index contributed by atoms with van der Waals surface area (Å²) in [6.07, 6.45) is -0.121. The summed E-state index contributed by atoms with van der Waals surface area (Å²) in [7, 11) is 2.89. The van der Waals surface area contributed by atoms with Crippen molar-refractivity contribution in [2.24, 2.45) is 0 Å².